The molecule has 2 aliphatic heterocycles. The number of halogens is 3. The highest BCUT2D eigenvalue weighted by Crippen LogP contribution is 2.38. The molecule has 4 aromatic rings. The Bertz CT molecular complexity index is 1770. The highest BCUT2D eigenvalue weighted by molar-refractivity contribution is 6.36. The highest BCUT2D eigenvalue weighted by atomic mass is 35.5. The molecule has 4 N–H and O–H groups in total. The van der Waals surface area contributed by atoms with Crippen LogP contribution in [0.15, 0.2) is 78.8 Å². The Labute approximate surface area is 278 Å². The van der Waals surface area contributed by atoms with Gasteiger partial charge in [0.05, 0.1) is 44.2 Å². The lowest BCUT2D eigenvalue weighted by atomic mass is 9.98. The molecule has 1 fully saturated rings. The van der Waals surface area contributed by atoms with Crippen molar-refractivity contribution in [3.63, 3.8) is 0 Å². The summed E-state index contributed by atoms with van der Waals surface area (Å²) in [6.07, 6.45) is 5.79. The van der Waals surface area contributed by atoms with Crippen LogP contribution < -0.4 is 21.6 Å². The summed E-state index contributed by atoms with van der Waals surface area (Å²) in [5.74, 6) is 0. The van der Waals surface area contributed by atoms with E-state index in [9.17, 15) is 5.26 Å². The van der Waals surface area contributed by atoms with Gasteiger partial charge < -0.3 is 16.1 Å². The van der Waals surface area contributed by atoms with Crippen LogP contribution in [0.5, 0.6) is 0 Å². The Balaban J connectivity index is 1.34. The second-order valence-corrected chi connectivity index (χ2v) is 13.6. The molecule has 11 heteroatoms. The number of fused-ring (bicyclic) bond motifs is 1. The first kappa shape index (κ1) is 31.3. The molecule has 1 saturated heterocycles. The molecule has 1 atom stereocenters. The zero-order valence-electron chi connectivity index (χ0n) is 25.3. The first-order valence-electron chi connectivity index (χ1n) is 14.9. The summed E-state index contributed by atoms with van der Waals surface area (Å²) in [5.41, 5.74) is 11.9. The fourth-order valence-electron chi connectivity index (χ4n) is 5.92. The lowest BCUT2D eigenvalue weighted by molar-refractivity contribution is 0.0570. The maximum Gasteiger partial charge on any atom is 0.103 e. The van der Waals surface area contributed by atoms with Gasteiger partial charge in [-0.25, -0.2) is 0 Å². The minimum Gasteiger partial charge on any atom is -0.373 e. The summed E-state index contributed by atoms with van der Waals surface area (Å²) in [6, 6.07) is 21.3. The molecule has 8 nitrogen and oxygen atoms in total. The largest absolute Gasteiger partial charge is 0.373 e. The number of benzene rings is 3. The average Bonchev–Trinajstić information content (AvgIpc) is 3.51. The summed E-state index contributed by atoms with van der Waals surface area (Å²) in [7, 11) is 0. The van der Waals surface area contributed by atoms with Gasteiger partial charge in [-0.05, 0) is 75.6 Å². The van der Waals surface area contributed by atoms with Gasteiger partial charge in [0.1, 0.15) is 6.07 Å². The summed E-state index contributed by atoms with van der Waals surface area (Å²) in [6.45, 7) is 8.92. The van der Waals surface area contributed by atoms with Gasteiger partial charge in [-0.2, -0.15) is 5.26 Å². The van der Waals surface area contributed by atoms with E-state index in [1.165, 1.54) is 6.20 Å². The Morgan fingerprint density at radius 2 is 1.73 bits per heavy atom. The number of pyridine rings is 1. The summed E-state index contributed by atoms with van der Waals surface area (Å²) >= 11 is 19.6. The average molecular weight is 662 g/mol. The molecule has 0 radical (unpaired) electrons. The van der Waals surface area contributed by atoms with Crippen LogP contribution in [0.3, 0.4) is 0 Å². The summed E-state index contributed by atoms with van der Waals surface area (Å²) in [4.78, 5) is 7.05. The van der Waals surface area contributed by atoms with Crippen molar-refractivity contribution in [2.45, 2.75) is 51.2 Å². The zero-order chi connectivity index (χ0) is 31.7. The van der Waals surface area contributed by atoms with Crippen LogP contribution in [-0.2, 0) is 0 Å². The van der Waals surface area contributed by atoms with Crippen molar-refractivity contribution < 1.29 is 0 Å². The lowest BCUT2D eigenvalue weighted by Crippen LogP contribution is -2.52. The number of aromatic nitrogens is 1. The van der Waals surface area contributed by atoms with E-state index in [1.54, 1.807) is 6.07 Å². The smallest absolute Gasteiger partial charge is 0.103 e. The van der Waals surface area contributed by atoms with Gasteiger partial charge in [0.25, 0.3) is 0 Å². The van der Waals surface area contributed by atoms with Gasteiger partial charge in [-0.3, -0.25) is 14.9 Å². The molecule has 0 unspecified atom stereocenters. The molecule has 3 heterocycles. The standard InChI is InChI=1S/C34H35Cl3N8/c1-34(2,3)44-14-12-25(13-15-44)45-20-30(42-43-45)32(21-8-10-23(35)11-9-21)40-24-16-26-31(41-29-7-5-4-6-27(29)36)22(18-38)19-39-33(26)28(37)17-24/h4-11,16-17,19-20,25,32,40,42-43H,12-15H2,1-3H3,(H,39,41)/t32-/m0/s1. The third kappa shape index (κ3) is 6.79. The Kier molecular flexibility index (Phi) is 9.00. The molecule has 2 aliphatic rings. The number of hydrogen-bond donors (Lipinski definition) is 4. The van der Waals surface area contributed by atoms with Gasteiger partial charge >= 0.3 is 0 Å². The summed E-state index contributed by atoms with van der Waals surface area (Å²) < 4.78 is 0. The number of anilines is 3. The van der Waals surface area contributed by atoms with E-state index in [-0.39, 0.29) is 11.6 Å². The molecule has 0 aliphatic carbocycles. The second kappa shape index (κ2) is 13.0. The fourth-order valence-corrected chi connectivity index (χ4v) is 6.50. The number of piperidine rings is 1. The van der Waals surface area contributed by atoms with E-state index in [1.807, 2.05) is 54.6 Å². The first-order valence-corrected chi connectivity index (χ1v) is 16.1. The molecule has 0 spiro atoms. The SMILES string of the molecule is CC(C)(C)N1CCC(N2C=C([C@@H](Nc3cc(Cl)c4ncc(C#N)c(Nc5ccccc5Cl)c4c3)c3ccc(Cl)cc3)NN2)CC1. The van der Waals surface area contributed by atoms with Crippen molar-refractivity contribution in [3.05, 3.63) is 105 Å². The Morgan fingerprint density at radius 3 is 2.42 bits per heavy atom. The third-order valence-corrected chi connectivity index (χ3v) is 9.29. The van der Waals surface area contributed by atoms with Gasteiger partial charge in [-0.15, -0.1) is 5.53 Å². The van der Waals surface area contributed by atoms with Gasteiger partial charge in [-0.1, -0.05) is 59.1 Å². The molecule has 6 rings (SSSR count). The first-order chi connectivity index (χ1) is 21.6. The fraction of sp³-hybridized carbons (Fsp3) is 0.294. The molecule has 3 aromatic carbocycles. The number of rotatable bonds is 7. The van der Waals surface area contributed by atoms with Crippen LogP contribution in [0, 0.1) is 11.3 Å². The predicted molar refractivity (Wildman–Crippen MR) is 185 cm³/mol. The van der Waals surface area contributed by atoms with E-state index >= 15 is 0 Å². The van der Waals surface area contributed by atoms with Crippen molar-refractivity contribution in [3.8, 4) is 6.07 Å². The van der Waals surface area contributed by atoms with Crippen molar-refractivity contribution in [2.24, 2.45) is 0 Å². The zero-order valence-corrected chi connectivity index (χ0v) is 27.6. The summed E-state index contributed by atoms with van der Waals surface area (Å²) in [5, 5.41) is 21.5. The molecular weight excluding hydrogens is 627 g/mol. The maximum absolute atomic E-state index is 9.96. The monoisotopic (exact) mass is 660 g/mol. The van der Waals surface area contributed by atoms with Crippen molar-refractivity contribution >= 4 is 62.8 Å². The van der Waals surface area contributed by atoms with E-state index in [4.69, 9.17) is 34.8 Å². The number of hydrogen-bond acceptors (Lipinski definition) is 8. The quantitative estimate of drug-likeness (QED) is 0.157. The predicted octanol–water partition coefficient (Wildman–Crippen LogP) is 8.39. The van der Waals surface area contributed by atoms with Crippen LogP contribution in [-0.4, -0.2) is 39.6 Å². The molecule has 232 valence electrons. The lowest BCUT2D eigenvalue weighted by Gasteiger charge is -2.42. The van der Waals surface area contributed by atoms with Gasteiger partial charge in [0, 0.05) is 53.2 Å². The highest BCUT2D eigenvalue weighted by Gasteiger charge is 2.32. The van der Waals surface area contributed by atoms with Crippen LogP contribution in [0.2, 0.25) is 15.1 Å². The number of hydrazine groups is 2. The molecular formula is C34H35Cl3N8. The molecule has 0 saturated carbocycles. The van der Waals surface area contributed by atoms with Crippen molar-refractivity contribution in [2.75, 3.05) is 23.7 Å². The normalized spacial score (nSPS) is 16.6. The van der Waals surface area contributed by atoms with Gasteiger partial charge in [0.15, 0.2) is 0 Å². The van der Waals surface area contributed by atoms with E-state index in [2.05, 4.69) is 69.5 Å². The molecule has 0 amide bonds. The van der Waals surface area contributed by atoms with Crippen LogP contribution in [0.25, 0.3) is 10.9 Å². The minimum atomic E-state index is -0.268. The second-order valence-electron chi connectivity index (χ2n) is 12.4. The van der Waals surface area contributed by atoms with Crippen molar-refractivity contribution in [1.29, 1.82) is 5.26 Å². The number of nitriles is 1. The number of para-hydroxylation sites is 1. The topological polar surface area (TPSA) is 91.3 Å². The van der Waals surface area contributed by atoms with Gasteiger partial charge in [0.2, 0.25) is 0 Å². The molecule has 45 heavy (non-hydrogen) atoms. The van der Waals surface area contributed by atoms with E-state index < -0.39 is 0 Å². The van der Waals surface area contributed by atoms with E-state index in [0.29, 0.717) is 49.0 Å². The van der Waals surface area contributed by atoms with E-state index in [0.717, 1.165) is 42.9 Å². The van der Waals surface area contributed by atoms with Crippen LogP contribution in [0.1, 0.15) is 50.8 Å². The number of nitrogens with zero attached hydrogens (tertiary/aromatic N) is 4. The third-order valence-electron chi connectivity index (χ3n) is 8.42. The molecule has 1 aromatic heterocycles. The maximum atomic E-state index is 9.96. The minimum absolute atomic E-state index is 0.166. The van der Waals surface area contributed by atoms with Crippen molar-refractivity contribution in [1.82, 2.24) is 25.9 Å². The molecule has 0 bridgehead atoms. The number of likely N-dealkylation sites (tertiary alicyclic amines) is 1. The van der Waals surface area contributed by atoms with Crippen LogP contribution in [0.4, 0.5) is 17.1 Å². The Morgan fingerprint density at radius 1 is 1.00 bits per heavy atom. The van der Waals surface area contributed by atoms with Crippen LogP contribution >= 0.6 is 34.8 Å². The Hall–Kier alpha value is -3.71. The number of nitrogens with one attached hydrogen (secondary N) is 4.